The molecule has 2 heterocycles. The van der Waals surface area contributed by atoms with Gasteiger partial charge in [0.2, 0.25) is 0 Å². The van der Waals surface area contributed by atoms with E-state index >= 15 is 0 Å². The second-order valence-electron chi connectivity index (χ2n) is 3.38. The largest absolute Gasteiger partial charge is 0.337 e. The summed E-state index contributed by atoms with van der Waals surface area (Å²) < 4.78 is 1.40. The second kappa shape index (κ2) is 3.11. The molecule has 60 valence electrons. The van der Waals surface area contributed by atoms with Gasteiger partial charge in [-0.05, 0) is 6.08 Å². The number of fused-ring (bicyclic) bond motifs is 2. The first-order chi connectivity index (χ1) is 5.34. The second-order valence-corrected chi connectivity index (χ2v) is 4.40. The van der Waals surface area contributed by atoms with Crippen LogP contribution >= 0.6 is 15.9 Å². The van der Waals surface area contributed by atoms with Crippen LogP contribution in [0.15, 0.2) is 22.7 Å². The van der Waals surface area contributed by atoms with Gasteiger partial charge in [0, 0.05) is 23.7 Å². The van der Waals surface area contributed by atoms with Crippen molar-refractivity contribution < 1.29 is 5.32 Å². The SMILES string of the molecule is BrC1=C[C@H]2CC=CC[C@@H](C1)[NH2+]2. The highest BCUT2D eigenvalue weighted by molar-refractivity contribution is 9.11. The van der Waals surface area contributed by atoms with E-state index in [1.807, 2.05) is 0 Å². The Kier molecular flexibility index (Phi) is 2.14. The van der Waals surface area contributed by atoms with Gasteiger partial charge in [-0.3, -0.25) is 0 Å². The Balaban J connectivity index is 2.17. The Labute approximate surface area is 75.7 Å². The summed E-state index contributed by atoms with van der Waals surface area (Å²) in [5, 5.41) is 2.49. The highest BCUT2D eigenvalue weighted by atomic mass is 79.9. The summed E-state index contributed by atoms with van der Waals surface area (Å²) in [5.41, 5.74) is 0. The highest BCUT2D eigenvalue weighted by Gasteiger charge is 2.24. The molecule has 0 saturated heterocycles. The third-order valence-corrected chi connectivity index (χ3v) is 2.97. The molecule has 0 radical (unpaired) electrons. The molecule has 2 atom stereocenters. The van der Waals surface area contributed by atoms with Gasteiger partial charge in [0.05, 0.1) is 6.04 Å². The predicted octanol–water partition coefficient (Wildman–Crippen LogP) is 1.32. The summed E-state index contributed by atoms with van der Waals surface area (Å²) in [6, 6.07) is 1.49. The summed E-state index contributed by atoms with van der Waals surface area (Å²) in [4.78, 5) is 0. The van der Waals surface area contributed by atoms with Gasteiger partial charge < -0.3 is 5.32 Å². The average Bonchev–Trinajstić information content (AvgIpc) is 2.11. The Morgan fingerprint density at radius 1 is 1.36 bits per heavy atom. The van der Waals surface area contributed by atoms with Gasteiger partial charge in [-0.25, -0.2) is 0 Å². The van der Waals surface area contributed by atoms with Crippen molar-refractivity contribution in [3.8, 4) is 0 Å². The lowest BCUT2D eigenvalue weighted by Gasteiger charge is -2.21. The van der Waals surface area contributed by atoms with Crippen molar-refractivity contribution in [2.45, 2.75) is 31.3 Å². The molecular formula is C9H13BrN+. The molecule has 0 aliphatic carbocycles. The molecule has 0 amide bonds. The van der Waals surface area contributed by atoms with Crippen molar-refractivity contribution in [3.63, 3.8) is 0 Å². The van der Waals surface area contributed by atoms with Crippen LogP contribution in [0.1, 0.15) is 19.3 Å². The number of nitrogens with two attached hydrogens (primary N) is 1. The Morgan fingerprint density at radius 3 is 3.09 bits per heavy atom. The zero-order chi connectivity index (χ0) is 7.68. The van der Waals surface area contributed by atoms with Gasteiger partial charge in [0.1, 0.15) is 6.04 Å². The Morgan fingerprint density at radius 2 is 2.18 bits per heavy atom. The van der Waals surface area contributed by atoms with Crippen molar-refractivity contribution in [3.05, 3.63) is 22.7 Å². The van der Waals surface area contributed by atoms with E-state index < -0.39 is 0 Å². The average molecular weight is 215 g/mol. The molecule has 2 bridgehead atoms. The fourth-order valence-electron chi connectivity index (χ4n) is 1.86. The number of halogens is 1. The number of hydrogen-bond donors (Lipinski definition) is 1. The molecule has 2 heteroatoms. The summed E-state index contributed by atoms with van der Waals surface area (Å²) in [6.07, 6.45) is 10.6. The van der Waals surface area contributed by atoms with Crippen molar-refractivity contribution in [1.82, 2.24) is 0 Å². The molecule has 0 aromatic carbocycles. The van der Waals surface area contributed by atoms with E-state index in [1.54, 1.807) is 0 Å². The summed E-state index contributed by atoms with van der Waals surface area (Å²) >= 11 is 3.59. The fraction of sp³-hybridized carbons (Fsp3) is 0.556. The van der Waals surface area contributed by atoms with Gasteiger partial charge in [-0.2, -0.15) is 0 Å². The first kappa shape index (κ1) is 7.56. The van der Waals surface area contributed by atoms with Crippen LogP contribution in [0.5, 0.6) is 0 Å². The minimum atomic E-state index is 0.696. The third-order valence-electron chi connectivity index (χ3n) is 2.39. The Bertz CT molecular complexity index is 208. The highest BCUT2D eigenvalue weighted by Crippen LogP contribution is 2.19. The van der Waals surface area contributed by atoms with Crippen molar-refractivity contribution in [2.75, 3.05) is 0 Å². The van der Waals surface area contributed by atoms with Gasteiger partial charge in [0.25, 0.3) is 0 Å². The molecule has 0 unspecified atom stereocenters. The van der Waals surface area contributed by atoms with E-state index in [1.165, 1.54) is 23.7 Å². The summed E-state index contributed by atoms with van der Waals surface area (Å²) in [7, 11) is 0. The maximum absolute atomic E-state index is 3.59. The number of hydrogen-bond acceptors (Lipinski definition) is 0. The van der Waals surface area contributed by atoms with E-state index in [0.717, 1.165) is 6.04 Å². The molecule has 2 aliphatic rings. The van der Waals surface area contributed by atoms with Crippen molar-refractivity contribution in [2.24, 2.45) is 0 Å². The molecule has 2 rings (SSSR count). The van der Waals surface area contributed by atoms with Crippen molar-refractivity contribution >= 4 is 15.9 Å². The lowest BCUT2D eigenvalue weighted by molar-refractivity contribution is -0.712. The van der Waals surface area contributed by atoms with E-state index in [-0.39, 0.29) is 0 Å². The topological polar surface area (TPSA) is 16.6 Å². The molecule has 0 saturated carbocycles. The molecule has 0 spiro atoms. The van der Waals surface area contributed by atoms with Crippen LogP contribution in [0.4, 0.5) is 0 Å². The fourth-order valence-corrected chi connectivity index (χ4v) is 2.61. The maximum Gasteiger partial charge on any atom is 0.109 e. The minimum absolute atomic E-state index is 0.696. The molecule has 1 nitrogen and oxygen atoms in total. The van der Waals surface area contributed by atoms with Crippen LogP contribution < -0.4 is 5.32 Å². The molecule has 0 fully saturated rings. The monoisotopic (exact) mass is 214 g/mol. The van der Waals surface area contributed by atoms with Gasteiger partial charge in [-0.15, -0.1) is 0 Å². The summed E-state index contributed by atoms with van der Waals surface area (Å²) in [5.74, 6) is 0. The molecule has 2 N–H and O–H groups in total. The van der Waals surface area contributed by atoms with Crippen LogP contribution in [0.25, 0.3) is 0 Å². The molecule has 0 aromatic heterocycles. The van der Waals surface area contributed by atoms with Gasteiger partial charge in [0.15, 0.2) is 0 Å². The normalized spacial score (nSPS) is 36.3. The van der Waals surface area contributed by atoms with Crippen LogP contribution in [0, 0.1) is 0 Å². The van der Waals surface area contributed by atoms with E-state index in [4.69, 9.17) is 0 Å². The number of quaternary nitrogens is 1. The number of rotatable bonds is 0. The van der Waals surface area contributed by atoms with Gasteiger partial charge in [-0.1, -0.05) is 28.1 Å². The molecule has 2 aliphatic heterocycles. The van der Waals surface area contributed by atoms with Gasteiger partial charge >= 0.3 is 0 Å². The molecular weight excluding hydrogens is 202 g/mol. The van der Waals surface area contributed by atoms with E-state index in [9.17, 15) is 0 Å². The smallest absolute Gasteiger partial charge is 0.109 e. The lowest BCUT2D eigenvalue weighted by atomic mass is 10.0. The van der Waals surface area contributed by atoms with Crippen molar-refractivity contribution in [1.29, 1.82) is 0 Å². The zero-order valence-corrected chi connectivity index (χ0v) is 8.05. The van der Waals surface area contributed by atoms with Crippen LogP contribution in [0.3, 0.4) is 0 Å². The zero-order valence-electron chi connectivity index (χ0n) is 6.46. The standard InChI is InChI=1S/C9H12BrN/c10-7-5-8-3-1-2-4-9(6-7)11-8/h1-2,5,8-9,11H,3-4,6H2/p+1/t8-,9+/m1/s1. The third kappa shape index (κ3) is 1.74. The summed E-state index contributed by atoms with van der Waals surface area (Å²) in [6.45, 7) is 0. The Hall–Kier alpha value is -0.0800. The maximum atomic E-state index is 3.59. The molecule has 0 aromatic rings. The molecule has 11 heavy (non-hydrogen) atoms. The van der Waals surface area contributed by atoms with Crippen LogP contribution in [-0.2, 0) is 0 Å². The van der Waals surface area contributed by atoms with E-state index in [2.05, 4.69) is 39.5 Å². The first-order valence-electron chi connectivity index (χ1n) is 4.21. The first-order valence-corrected chi connectivity index (χ1v) is 5.00. The van der Waals surface area contributed by atoms with Crippen LogP contribution in [0.2, 0.25) is 0 Å². The van der Waals surface area contributed by atoms with Crippen LogP contribution in [-0.4, -0.2) is 12.1 Å². The lowest BCUT2D eigenvalue weighted by Crippen LogP contribution is -2.95. The predicted molar refractivity (Wildman–Crippen MR) is 49.5 cm³/mol. The minimum Gasteiger partial charge on any atom is -0.337 e. The quantitative estimate of drug-likeness (QED) is 0.587. The van der Waals surface area contributed by atoms with E-state index in [0.29, 0.717) is 6.04 Å².